The summed E-state index contributed by atoms with van der Waals surface area (Å²) in [6.45, 7) is 15.0. The summed E-state index contributed by atoms with van der Waals surface area (Å²) in [5, 5.41) is 6.74. The number of amides is 1. The van der Waals surface area contributed by atoms with Crippen LogP contribution in [0.5, 0.6) is 0 Å². The molecule has 3 heterocycles. The van der Waals surface area contributed by atoms with Crippen molar-refractivity contribution in [2.45, 2.75) is 72.8 Å². The summed E-state index contributed by atoms with van der Waals surface area (Å²) in [5.74, 6) is 0.284. The number of carbonyl (C=O) groups excluding carboxylic acids is 1. The Labute approximate surface area is 202 Å². The largest absolute Gasteiger partial charge is 0.444 e. The molecule has 6 nitrogen and oxygen atoms in total. The molecule has 1 aliphatic rings. The maximum absolute atomic E-state index is 12.4. The van der Waals surface area contributed by atoms with Crippen LogP contribution in [0.25, 0.3) is 16.6 Å². The number of halogens is 1. The van der Waals surface area contributed by atoms with Gasteiger partial charge in [0.15, 0.2) is 0 Å². The van der Waals surface area contributed by atoms with Crippen LogP contribution < -0.4 is 0 Å². The number of hydrogen-bond donors (Lipinski definition) is 0. The number of benzene rings is 1. The molecule has 0 aliphatic carbocycles. The van der Waals surface area contributed by atoms with Crippen molar-refractivity contribution in [2.75, 3.05) is 13.1 Å². The average molecular weight is 473 g/mol. The first-order valence-corrected chi connectivity index (χ1v) is 12.3. The summed E-state index contributed by atoms with van der Waals surface area (Å²) in [6.07, 6.45) is 5.12. The number of pyridine rings is 1. The highest BCUT2D eigenvalue weighted by molar-refractivity contribution is 6.30. The van der Waals surface area contributed by atoms with Crippen molar-refractivity contribution in [1.29, 1.82) is 0 Å². The molecule has 0 saturated carbocycles. The van der Waals surface area contributed by atoms with Crippen molar-refractivity contribution >= 4 is 28.6 Å². The van der Waals surface area contributed by atoms with E-state index < -0.39 is 5.60 Å². The first kappa shape index (κ1) is 26.7. The third kappa shape index (κ3) is 6.70. The van der Waals surface area contributed by atoms with E-state index in [9.17, 15) is 4.79 Å². The predicted octanol–water partition coefficient (Wildman–Crippen LogP) is 7.24. The molecule has 0 spiro atoms. The van der Waals surface area contributed by atoms with Crippen LogP contribution in [0.1, 0.15) is 72.9 Å². The third-order valence-corrected chi connectivity index (χ3v) is 5.37. The molecular weight excluding hydrogens is 436 g/mol. The standard InChI is InChI=1S/C22H25ClN4O2.2C2H6/c1-22(2,3)29-21(28)26-12-9-15(10-13-26)20-18-8-11-24-14-19(18)27(25-20)17-6-4-16(23)5-7-17;2*1-2/h4-8,11,14-15H,9-10,12-13H2,1-3H3;2*1-2H3. The van der Waals surface area contributed by atoms with Gasteiger partial charge in [-0.05, 0) is 63.9 Å². The minimum absolute atomic E-state index is 0.239. The number of hydrogen-bond acceptors (Lipinski definition) is 4. The minimum Gasteiger partial charge on any atom is -0.444 e. The molecule has 2 aromatic heterocycles. The lowest BCUT2D eigenvalue weighted by Gasteiger charge is -2.33. The van der Waals surface area contributed by atoms with E-state index in [0.29, 0.717) is 18.1 Å². The molecule has 7 heteroatoms. The van der Waals surface area contributed by atoms with Gasteiger partial charge in [-0.1, -0.05) is 39.3 Å². The fraction of sp³-hybridized carbons (Fsp3) is 0.500. The van der Waals surface area contributed by atoms with Gasteiger partial charge in [-0.2, -0.15) is 5.10 Å². The number of aromatic nitrogens is 3. The van der Waals surface area contributed by atoms with E-state index in [-0.39, 0.29) is 12.0 Å². The van der Waals surface area contributed by atoms with Gasteiger partial charge in [-0.15, -0.1) is 0 Å². The van der Waals surface area contributed by atoms with Gasteiger partial charge < -0.3 is 9.64 Å². The van der Waals surface area contributed by atoms with E-state index >= 15 is 0 Å². The van der Waals surface area contributed by atoms with E-state index in [1.165, 1.54) is 0 Å². The molecule has 3 aromatic rings. The zero-order valence-electron chi connectivity index (χ0n) is 20.9. The number of rotatable bonds is 2. The highest BCUT2D eigenvalue weighted by atomic mass is 35.5. The van der Waals surface area contributed by atoms with Gasteiger partial charge in [-0.25, -0.2) is 9.48 Å². The summed E-state index contributed by atoms with van der Waals surface area (Å²) in [6, 6.07) is 9.65. The molecule has 1 saturated heterocycles. The van der Waals surface area contributed by atoms with E-state index in [1.54, 1.807) is 11.1 Å². The van der Waals surface area contributed by atoms with Crippen LogP contribution >= 0.6 is 11.6 Å². The van der Waals surface area contributed by atoms with E-state index in [4.69, 9.17) is 21.4 Å². The van der Waals surface area contributed by atoms with Crippen LogP contribution in [-0.2, 0) is 4.74 Å². The number of fused-ring (bicyclic) bond motifs is 1. The first-order valence-electron chi connectivity index (χ1n) is 11.9. The number of piperidine rings is 1. The SMILES string of the molecule is CC.CC.CC(C)(C)OC(=O)N1CCC(c2nn(-c3ccc(Cl)cc3)c3cnccc23)CC1. The molecule has 0 N–H and O–H groups in total. The van der Waals surface area contributed by atoms with Crippen molar-refractivity contribution in [3.05, 3.63) is 53.4 Å². The van der Waals surface area contributed by atoms with Crippen molar-refractivity contribution in [3.63, 3.8) is 0 Å². The Kier molecular flexibility index (Phi) is 9.71. The van der Waals surface area contributed by atoms with Crippen LogP contribution in [0.3, 0.4) is 0 Å². The number of nitrogens with zero attached hydrogens (tertiary/aromatic N) is 4. The van der Waals surface area contributed by atoms with Crippen LogP contribution in [0.2, 0.25) is 5.02 Å². The Balaban J connectivity index is 0.000000914. The van der Waals surface area contributed by atoms with Gasteiger partial charge in [-0.3, -0.25) is 4.98 Å². The Morgan fingerprint density at radius 3 is 2.21 bits per heavy atom. The van der Waals surface area contributed by atoms with Crippen LogP contribution in [0, 0.1) is 0 Å². The molecule has 1 aromatic carbocycles. The Morgan fingerprint density at radius 1 is 1.03 bits per heavy atom. The van der Waals surface area contributed by atoms with Crippen molar-refractivity contribution in [2.24, 2.45) is 0 Å². The summed E-state index contributed by atoms with van der Waals surface area (Å²) < 4.78 is 7.43. The van der Waals surface area contributed by atoms with Gasteiger partial charge in [0.1, 0.15) is 5.60 Å². The molecule has 0 bridgehead atoms. The Morgan fingerprint density at radius 2 is 1.64 bits per heavy atom. The highest BCUT2D eigenvalue weighted by Crippen LogP contribution is 2.33. The lowest BCUT2D eigenvalue weighted by Crippen LogP contribution is -2.41. The molecule has 4 rings (SSSR count). The van der Waals surface area contributed by atoms with Gasteiger partial charge in [0.2, 0.25) is 0 Å². The maximum Gasteiger partial charge on any atom is 0.410 e. The molecular formula is C26H37ClN4O2. The number of likely N-dealkylation sites (tertiary alicyclic amines) is 1. The Hall–Kier alpha value is -2.60. The van der Waals surface area contributed by atoms with E-state index in [1.807, 2.05) is 89.7 Å². The molecule has 1 aliphatic heterocycles. The van der Waals surface area contributed by atoms with Crippen LogP contribution in [-0.4, -0.2) is 44.4 Å². The quantitative estimate of drug-likeness (QED) is 0.394. The summed E-state index contributed by atoms with van der Waals surface area (Å²) in [4.78, 5) is 18.4. The van der Waals surface area contributed by atoms with Crippen LogP contribution in [0.4, 0.5) is 4.79 Å². The highest BCUT2D eigenvalue weighted by Gasteiger charge is 2.30. The van der Waals surface area contributed by atoms with Crippen molar-refractivity contribution in [1.82, 2.24) is 19.7 Å². The second kappa shape index (κ2) is 12.0. The zero-order chi connectivity index (χ0) is 24.6. The predicted molar refractivity (Wildman–Crippen MR) is 136 cm³/mol. The minimum atomic E-state index is -0.478. The number of carbonyl (C=O) groups is 1. The average Bonchev–Trinajstić information content (AvgIpc) is 3.21. The van der Waals surface area contributed by atoms with Gasteiger partial charge >= 0.3 is 6.09 Å². The monoisotopic (exact) mass is 472 g/mol. The molecule has 180 valence electrons. The molecule has 0 atom stereocenters. The fourth-order valence-electron chi connectivity index (χ4n) is 3.73. The summed E-state index contributed by atoms with van der Waals surface area (Å²) in [5.41, 5.74) is 2.50. The summed E-state index contributed by atoms with van der Waals surface area (Å²) in [7, 11) is 0. The number of ether oxygens (including phenoxy) is 1. The molecule has 33 heavy (non-hydrogen) atoms. The van der Waals surface area contributed by atoms with E-state index in [0.717, 1.165) is 35.1 Å². The van der Waals surface area contributed by atoms with Crippen molar-refractivity contribution in [3.8, 4) is 5.69 Å². The molecule has 0 unspecified atom stereocenters. The van der Waals surface area contributed by atoms with Crippen LogP contribution in [0.15, 0.2) is 42.7 Å². The first-order chi connectivity index (χ1) is 15.8. The van der Waals surface area contributed by atoms with Gasteiger partial charge in [0, 0.05) is 35.6 Å². The third-order valence-electron chi connectivity index (χ3n) is 5.12. The fourth-order valence-corrected chi connectivity index (χ4v) is 3.86. The smallest absolute Gasteiger partial charge is 0.410 e. The zero-order valence-corrected chi connectivity index (χ0v) is 21.7. The second-order valence-corrected chi connectivity index (χ2v) is 8.84. The topological polar surface area (TPSA) is 60.2 Å². The normalized spacial score (nSPS) is 14.1. The maximum atomic E-state index is 12.4. The van der Waals surface area contributed by atoms with E-state index in [2.05, 4.69) is 4.98 Å². The second-order valence-electron chi connectivity index (χ2n) is 8.41. The summed E-state index contributed by atoms with van der Waals surface area (Å²) >= 11 is 6.04. The lowest BCUT2D eigenvalue weighted by atomic mass is 9.92. The molecule has 1 amide bonds. The molecule has 1 fully saturated rings. The van der Waals surface area contributed by atoms with Crippen molar-refractivity contribution < 1.29 is 9.53 Å². The van der Waals surface area contributed by atoms with Gasteiger partial charge in [0.25, 0.3) is 0 Å². The van der Waals surface area contributed by atoms with Gasteiger partial charge in [0.05, 0.1) is 23.1 Å². The Bertz CT molecular complexity index is 1020. The lowest BCUT2D eigenvalue weighted by molar-refractivity contribution is 0.0204. The molecule has 0 radical (unpaired) electrons.